The third kappa shape index (κ3) is 35.0. The second-order valence-electron chi connectivity index (χ2n) is 12.5. The Kier molecular flexibility index (Phi) is 33.0. The van der Waals surface area contributed by atoms with Crippen molar-refractivity contribution in [3.63, 3.8) is 0 Å². The molecule has 12 heteroatoms. The third-order valence-electron chi connectivity index (χ3n) is 6.98. The van der Waals surface area contributed by atoms with Crippen LogP contribution in [-0.2, 0) is 53.5 Å². The molecule has 0 aliphatic rings. The van der Waals surface area contributed by atoms with Crippen LogP contribution in [0.15, 0.2) is 24.3 Å². The van der Waals surface area contributed by atoms with Crippen molar-refractivity contribution in [2.75, 3.05) is 132 Å². The van der Waals surface area contributed by atoms with Crippen molar-refractivity contribution in [2.24, 2.45) is 0 Å². The molecule has 0 unspecified atom stereocenters. The Labute approximate surface area is 298 Å². The first-order chi connectivity index (χ1) is 24.0. The van der Waals surface area contributed by atoms with E-state index < -0.39 is 8.32 Å². The molecule has 0 amide bonds. The summed E-state index contributed by atoms with van der Waals surface area (Å²) in [4.78, 5) is 0. The predicted octanol–water partition coefficient (Wildman–Crippen LogP) is 5.97. The zero-order valence-electron chi connectivity index (χ0n) is 31.4. The van der Waals surface area contributed by atoms with Gasteiger partial charge in [-0.2, -0.15) is 0 Å². The van der Waals surface area contributed by atoms with Crippen LogP contribution in [0.3, 0.4) is 0 Å². The Bertz CT molecular complexity index is 796. The summed E-state index contributed by atoms with van der Waals surface area (Å²) in [6.45, 7) is 19.6. The molecule has 1 aromatic carbocycles. The number of hydrogen-bond donors (Lipinski definition) is 0. The van der Waals surface area contributed by atoms with E-state index in [1.54, 1.807) is 0 Å². The Hall–Kier alpha value is -1.16. The zero-order valence-corrected chi connectivity index (χ0v) is 32.4. The minimum Gasteiger partial charge on any atom is -0.491 e. The summed E-state index contributed by atoms with van der Waals surface area (Å²) in [7, 11) is -1.45. The highest BCUT2D eigenvalue weighted by Gasteiger charge is 2.13. The van der Waals surface area contributed by atoms with Gasteiger partial charge in [-0.15, -0.1) is 0 Å². The Morgan fingerprint density at radius 3 is 1.08 bits per heavy atom. The molecule has 0 aromatic heterocycles. The minimum absolute atomic E-state index is 0.520. The molecule has 0 radical (unpaired) electrons. The molecule has 0 aliphatic heterocycles. The van der Waals surface area contributed by atoms with E-state index in [1.807, 2.05) is 0 Å². The van der Waals surface area contributed by atoms with E-state index in [1.165, 1.54) is 44.1 Å². The highest BCUT2D eigenvalue weighted by molar-refractivity contribution is 6.69. The molecule has 0 aliphatic carbocycles. The standard InChI is InChI=1S/C37H70O11Si/c1-5-6-7-8-9-10-11-36-12-14-37(15-13-36)47-34-32-45-30-28-43-26-24-41-22-20-39-18-16-38-17-19-40-21-23-42-25-27-44-29-31-46-33-35-48-49(2,3)4/h12-15H,5-11,16-35H2,1-4H3. The first-order valence-electron chi connectivity index (χ1n) is 18.6. The van der Waals surface area contributed by atoms with E-state index in [2.05, 4.69) is 50.8 Å². The Morgan fingerprint density at radius 2 is 0.714 bits per heavy atom. The molecule has 0 saturated carbocycles. The summed E-state index contributed by atoms with van der Waals surface area (Å²) in [5, 5.41) is 0. The van der Waals surface area contributed by atoms with Crippen molar-refractivity contribution >= 4 is 8.32 Å². The molecule has 0 bridgehead atoms. The number of benzene rings is 1. The van der Waals surface area contributed by atoms with Gasteiger partial charge in [0.1, 0.15) is 12.4 Å². The second-order valence-corrected chi connectivity index (χ2v) is 17.0. The fourth-order valence-corrected chi connectivity index (χ4v) is 5.04. The van der Waals surface area contributed by atoms with Crippen molar-refractivity contribution in [1.82, 2.24) is 0 Å². The average Bonchev–Trinajstić information content (AvgIpc) is 3.09. The molecule has 0 spiro atoms. The maximum atomic E-state index is 5.77. The lowest BCUT2D eigenvalue weighted by molar-refractivity contribution is -0.0257. The molecule has 0 saturated heterocycles. The van der Waals surface area contributed by atoms with Gasteiger partial charge in [-0.3, -0.25) is 0 Å². The van der Waals surface area contributed by atoms with Crippen LogP contribution in [0.2, 0.25) is 19.6 Å². The van der Waals surface area contributed by atoms with Crippen LogP contribution in [0, 0.1) is 0 Å². The van der Waals surface area contributed by atoms with Crippen LogP contribution in [-0.4, -0.2) is 140 Å². The van der Waals surface area contributed by atoms with Gasteiger partial charge in [-0.25, -0.2) is 0 Å². The molecule has 0 atom stereocenters. The van der Waals surface area contributed by atoms with E-state index in [9.17, 15) is 0 Å². The molecular weight excluding hydrogens is 648 g/mol. The van der Waals surface area contributed by atoms with Crippen LogP contribution in [0.4, 0.5) is 0 Å². The predicted molar refractivity (Wildman–Crippen MR) is 196 cm³/mol. The fraction of sp³-hybridized carbons (Fsp3) is 0.838. The molecule has 0 N–H and O–H groups in total. The quantitative estimate of drug-likeness (QED) is 0.0595. The Balaban J connectivity index is 1.70. The summed E-state index contributed by atoms with van der Waals surface area (Å²) in [6, 6.07) is 8.44. The van der Waals surface area contributed by atoms with Crippen molar-refractivity contribution in [2.45, 2.75) is 71.5 Å². The second kappa shape index (κ2) is 35.2. The lowest BCUT2D eigenvalue weighted by Gasteiger charge is -2.16. The maximum Gasteiger partial charge on any atom is 0.183 e. The first kappa shape index (κ1) is 45.9. The topological polar surface area (TPSA) is 102 Å². The molecule has 0 heterocycles. The van der Waals surface area contributed by atoms with Gasteiger partial charge in [0.15, 0.2) is 8.32 Å². The zero-order chi connectivity index (χ0) is 35.4. The van der Waals surface area contributed by atoms with E-state index in [-0.39, 0.29) is 0 Å². The van der Waals surface area contributed by atoms with E-state index in [0.717, 1.165) is 12.2 Å². The van der Waals surface area contributed by atoms with Crippen LogP contribution < -0.4 is 4.74 Å². The molecule has 49 heavy (non-hydrogen) atoms. The van der Waals surface area contributed by atoms with Gasteiger partial charge >= 0.3 is 0 Å². The van der Waals surface area contributed by atoms with Gasteiger partial charge in [0.25, 0.3) is 0 Å². The Morgan fingerprint density at radius 1 is 0.388 bits per heavy atom. The molecule has 288 valence electrons. The van der Waals surface area contributed by atoms with Crippen molar-refractivity contribution in [3.8, 4) is 5.75 Å². The number of ether oxygens (including phenoxy) is 10. The highest BCUT2D eigenvalue weighted by Crippen LogP contribution is 2.15. The van der Waals surface area contributed by atoms with Crippen LogP contribution in [0.5, 0.6) is 5.75 Å². The van der Waals surface area contributed by atoms with Gasteiger partial charge in [-0.05, 0) is 50.2 Å². The number of aryl methyl sites for hydroxylation is 1. The summed E-state index contributed by atoms with van der Waals surface area (Å²) in [5.41, 5.74) is 1.38. The summed E-state index contributed by atoms with van der Waals surface area (Å²) < 4.78 is 61.1. The van der Waals surface area contributed by atoms with E-state index in [0.29, 0.717) is 132 Å². The largest absolute Gasteiger partial charge is 0.491 e. The average molecular weight is 719 g/mol. The molecule has 1 aromatic rings. The van der Waals surface area contributed by atoms with Crippen LogP contribution >= 0.6 is 0 Å². The van der Waals surface area contributed by atoms with Gasteiger partial charge < -0.3 is 51.8 Å². The number of rotatable bonds is 39. The normalized spacial score (nSPS) is 11.8. The number of hydrogen-bond acceptors (Lipinski definition) is 11. The SMILES string of the molecule is CCCCCCCCc1ccc(OCCOCCOCCOCCOCCOCCOCCOCCOCCOCCO[Si](C)(C)C)cc1. The van der Waals surface area contributed by atoms with Crippen molar-refractivity contribution < 1.29 is 51.8 Å². The van der Waals surface area contributed by atoms with Gasteiger partial charge in [0.05, 0.1) is 126 Å². The van der Waals surface area contributed by atoms with E-state index in [4.69, 9.17) is 51.8 Å². The van der Waals surface area contributed by atoms with E-state index >= 15 is 0 Å². The first-order valence-corrected chi connectivity index (χ1v) is 22.0. The van der Waals surface area contributed by atoms with Gasteiger partial charge in [0, 0.05) is 0 Å². The van der Waals surface area contributed by atoms with Gasteiger partial charge in [0.2, 0.25) is 0 Å². The lowest BCUT2D eigenvalue weighted by atomic mass is 10.0. The minimum atomic E-state index is -1.45. The molecule has 0 fully saturated rings. The maximum absolute atomic E-state index is 5.77. The third-order valence-corrected chi connectivity index (χ3v) is 8.05. The summed E-state index contributed by atoms with van der Waals surface area (Å²) >= 11 is 0. The lowest BCUT2D eigenvalue weighted by Crippen LogP contribution is -2.27. The molecular formula is C37H70O11Si. The monoisotopic (exact) mass is 718 g/mol. The molecule has 1 rings (SSSR count). The smallest absolute Gasteiger partial charge is 0.183 e. The highest BCUT2D eigenvalue weighted by atomic mass is 28.4. The van der Waals surface area contributed by atoms with Gasteiger partial charge in [-0.1, -0.05) is 51.2 Å². The van der Waals surface area contributed by atoms with Crippen molar-refractivity contribution in [1.29, 1.82) is 0 Å². The van der Waals surface area contributed by atoms with Crippen LogP contribution in [0.25, 0.3) is 0 Å². The number of unbranched alkanes of at least 4 members (excludes halogenated alkanes) is 5. The fourth-order valence-electron chi connectivity index (χ4n) is 4.35. The summed E-state index contributed by atoms with van der Waals surface area (Å²) in [5.74, 6) is 0.887. The van der Waals surface area contributed by atoms with Crippen molar-refractivity contribution in [3.05, 3.63) is 29.8 Å². The van der Waals surface area contributed by atoms with Crippen LogP contribution in [0.1, 0.15) is 51.0 Å². The molecule has 11 nitrogen and oxygen atoms in total. The summed E-state index contributed by atoms with van der Waals surface area (Å²) in [6.07, 6.45) is 9.10.